The largest absolute Gasteiger partial charge is 0.0991 e. The fourth-order valence-corrected chi connectivity index (χ4v) is 4.66. The molecule has 0 N–H and O–H groups in total. The third kappa shape index (κ3) is 14.2. The summed E-state index contributed by atoms with van der Waals surface area (Å²) in [6.07, 6.45) is 25.8. The molecule has 0 saturated carbocycles. The van der Waals surface area contributed by atoms with Crippen molar-refractivity contribution in [1.82, 2.24) is 0 Å². The quantitative estimate of drug-likeness (QED) is 0.171. The highest BCUT2D eigenvalue weighted by molar-refractivity contribution is 5.33. The van der Waals surface area contributed by atoms with Crippen molar-refractivity contribution in [2.24, 2.45) is 17.8 Å². The molecule has 31 heavy (non-hydrogen) atoms. The first-order chi connectivity index (χ1) is 14.8. The molecule has 0 aliphatic carbocycles. The minimum absolute atomic E-state index is 0.487. The molecule has 0 heteroatoms. The second-order valence-corrected chi connectivity index (χ2v) is 9.54. The van der Waals surface area contributed by atoms with Gasteiger partial charge in [-0.2, -0.15) is 0 Å². The predicted octanol–water partition coefficient (Wildman–Crippen LogP) is 10.6. The molecule has 0 aliphatic heterocycles. The van der Waals surface area contributed by atoms with Gasteiger partial charge in [0, 0.05) is 0 Å². The van der Waals surface area contributed by atoms with E-state index in [-0.39, 0.29) is 0 Å². The number of allylic oxidation sites excluding steroid dienone is 11. The lowest BCUT2D eigenvalue weighted by atomic mass is 9.82. The van der Waals surface area contributed by atoms with Gasteiger partial charge < -0.3 is 0 Å². The second kappa shape index (κ2) is 18.1. The lowest BCUT2D eigenvalue weighted by molar-refractivity contribution is 0.429. The number of hydrogen-bond acceptors (Lipinski definition) is 0. The maximum absolute atomic E-state index is 3.81. The van der Waals surface area contributed by atoms with Crippen molar-refractivity contribution in [3.05, 3.63) is 71.4 Å². The van der Waals surface area contributed by atoms with Crippen LogP contribution < -0.4 is 0 Å². The molecule has 0 aromatic rings. The average molecular weight is 425 g/mol. The highest BCUT2D eigenvalue weighted by Crippen LogP contribution is 2.32. The van der Waals surface area contributed by atoms with Crippen LogP contribution in [-0.2, 0) is 0 Å². The van der Waals surface area contributed by atoms with Gasteiger partial charge in [0.05, 0.1) is 0 Å². The van der Waals surface area contributed by atoms with E-state index < -0.39 is 0 Å². The molecule has 0 amide bonds. The molecule has 176 valence electrons. The molecule has 3 atom stereocenters. The Kier molecular flexibility index (Phi) is 17.1. The van der Waals surface area contributed by atoms with Gasteiger partial charge in [-0.15, -0.1) is 0 Å². The number of hydrogen-bond donors (Lipinski definition) is 0. The van der Waals surface area contributed by atoms with Crippen LogP contribution >= 0.6 is 0 Å². The molecule has 0 rings (SSSR count). The van der Waals surface area contributed by atoms with Gasteiger partial charge in [-0.25, -0.2) is 0 Å². The van der Waals surface area contributed by atoms with Crippen LogP contribution in [0.4, 0.5) is 0 Å². The van der Waals surface area contributed by atoms with E-state index in [2.05, 4.69) is 98.4 Å². The Balaban J connectivity index is 5.37. The van der Waals surface area contributed by atoms with E-state index in [4.69, 9.17) is 0 Å². The Labute approximate surface area is 196 Å². The van der Waals surface area contributed by atoms with E-state index in [1.54, 1.807) is 5.57 Å². The normalized spacial score (nSPS) is 17.2. The molecule has 0 fully saturated rings. The van der Waals surface area contributed by atoms with Crippen molar-refractivity contribution in [1.29, 1.82) is 0 Å². The molecule has 0 radical (unpaired) electrons. The zero-order valence-electron chi connectivity index (χ0n) is 22.1. The van der Waals surface area contributed by atoms with E-state index in [1.165, 1.54) is 55.2 Å². The molecule has 0 aromatic heterocycles. The summed E-state index contributed by atoms with van der Waals surface area (Å²) in [6.45, 7) is 22.0. The summed E-state index contributed by atoms with van der Waals surface area (Å²) in [5.41, 5.74) is 5.95. The highest BCUT2D eigenvalue weighted by Gasteiger charge is 2.17. The summed E-state index contributed by atoms with van der Waals surface area (Å²) in [5.74, 6) is 1.96. The van der Waals surface area contributed by atoms with Gasteiger partial charge in [0.2, 0.25) is 0 Å². The van der Waals surface area contributed by atoms with Crippen molar-refractivity contribution in [2.45, 2.75) is 107 Å². The minimum Gasteiger partial charge on any atom is -0.0991 e. The highest BCUT2D eigenvalue weighted by atomic mass is 14.2. The fourth-order valence-electron chi connectivity index (χ4n) is 4.66. The summed E-state index contributed by atoms with van der Waals surface area (Å²) >= 11 is 0. The molecular weight excluding hydrogens is 372 g/mol. The van der Waals surface area contributed by atoms with Crippen LogP contribution in [0.1, 0.15) is 107 Å². The van der Waals surface area contributed by atoms with E-state index in [1.807, 2.05) is 6.08 Å². The van der Waals surface area contributed by atoms with E-state index >= 15 is 0 Å². The Morgan fingerprint density at radius 3 is 2.26 bits per heavy atom. The Morgan fingerprint density at radius 2 is 1.68 bits per heavy atom. The topological polar surface area (TPSA) is 0 Å². The van der Waals surface area contributed by atoms with Crippen molar-refractivity contribution in [3.63, 3.8) is 0 Å². The predicted molar refractivity (Wildman–Crippen MR) is 144 cm³/mol. The SMILES string of the molecule is C=CC=C(C)CCC=C(C)CC(CCCC(C)CCC)C(=CC)C(C)=CC(C)C=CC. The summed E-state index contributed by atoms with van der Waals surface area (Å²) in [6, 6.07) is 0. The van der Waals surface area contributed by atoms with Crippen molar-refractivity contribution in [2.75, 3.05) is 0 Å². The average Bonchev–Trinajstić information content (AvgIpc) is 2.68. The van der Waals surface area contributed by atoms with Crippen LogP contribution in [0.25, 0.3) is 0 Å². The standard InChI is InChI=1S/C31H52/c1-10-16-25(5)19-14-21-28(8)24-30(22-15-20-26(6)17-11-2)31(13-4)29(9)23-27(7)18-12-3/h10,12-13,16,18,21,23,26-27,30H,1,11,14-15,17,19-20,22,24H2,2-9H3. The van der Waals surface area contributed by atoms with Crippen LogP contribution in [-0.4, -0.2) is 0 Å². The molecule has 0 aromatic carbocycles. The Morgan fingerprint density at radius 1 is 0.968 bits per heavy atom. The van der Waals surface area contributed by atoms with Crippen LogP contribution in [0.3, 0.4) is 0 Å². The van der Waals surface area contributed by atoms with Crippen LogP contribution in [0, 0.1) is 17.8 Å². The van der Waals surface area contributed by atoms with Gasteiger partial charge >= 0.3 is 0 Å². The van der Waals surface area contributed by atoms with E-state index in [0.29, 0.717) is 11.8 Å². The van der Waals surface area contributed by atoms with E-state index in [0.717, 1.165) is 18.8 Å². The zero-order valence-corrected chi connectivity index (χ0v) is 22.1. The first-order valence-electron chi connectivity index (χ1n) is 12.7. The van der Waals surface area contributed by atoms with Gasteiger partial charge in [0.1, 0.15) is 0 Å². The molecule has 0 saturated heterocycles. The molecular formula is C31H52. The minimum atomic E-state index is 0.487. The molecule has 3 unspecified atom stereocenters. The smallest absolute Gasteiger partial charge is 0.00762 e. The number of rotatable bonds is 16. The van der Waals surface area contributed by atoms with Crippen LogP contribution in [0.2, 0.25) is 0 Å². The van der Waals surface area contributed by atoms with Gasteiger partial charge in [-0.1, -0.05) is 112 Å². The van der Waals surface area contributed by atoms with Gasteiger partial charge in [0.25, 0.3) is 0 Å². The Hall–Kier alpha value is -1.56. The fraction of sp³-hybridized carbons (Fsp3) is 0.613. The first-order valence-corrected chi connectivity index (χ1v) is 12.7. The van der Waals surface area contributed by atoms with Gasteiger partial charge in [-0.05, 0) is 83.6 Å². The molecule has 0 spiro atoms. The third-order valence-electron chi connectivity index (χ3n) is 6.25. The molecule has 0 heterocycles. The Bertz CT molecular complexity index is 635. The summed E-state index contributed by atoms with van der Waals surface area (Å²) in [4.78, 5) is 0. The van der Waals surface area contributed by atoms with E-state index in [9.17, 15) is 0 Å². The van der Waals surface area contributed by atoms with Crippen LogP contribution in [0.5, 0.6) is 0 Å². The van der Waals surface area contributed by atoms with Crippen molar-refractivity contribution in [3.8, 4) is 0 Å². The first kappa shape index (κ1) is 29.4. The third-order valence-corrected chi connectivity index (χ3v) is 6.25. The maximum atomic E-state index is 3.81. The molecule has 0 nitrogen and oxygen atoms in total. The van der Waals surface area contributed by atoms with Crippen molar-refractivity contribution < 1.29 is 0 Å². The summed E-state index contributed by atoms with van der Waals surface area (Å²) in [5, 5.41) is 0. The lowest BCUT2D eigenvalue weighted by Gasteiger charge is -2.23. The van der Waals surface area contributed by atoms with Gasteiger partial charge in [0.15, 0.2) is 0 Å². The lowest BCUT2D eigenvalue weighted by Crippen LogP contribution is -2.09. The summed E-state index contributed by atoms with van der Waals surface area (Å²) in [7, 11) is 0. The maximum Gasteiger partial charge on any atom is -0.00762 e. The van der Waals surface area contributed by atoms with Gasteiger partial charge in [-0.3, -0.25) is 0 Å². The monoisotopic (exact) mass is 424 g/mol. The van der Waals surface area contributed by atoms with Crippen molar-refractivity contribution >= 4 is 0 Å². The molecule has 0 bridgehead atoms. The summed E-state index contributed by atoms with van der Waals surface area (Å²) < 4.78 is 0. The second-order valence-electron chi connectivity index (χ2n) is 9.54. The molecule has 0 aliphatic rings. The van der Waals surface area contributed by atoms with Crippen LogP contribution in [0.15, 0.2) is 71.4 Å². The zero-order chi connectivity index (χ0) is 23.6.